The molecule has 1 aromatic carbocycles. The highest BCUT2D eigenvalue weighted by Gasteiger charge is 2.48. The first-order valence-corrected chi connectivity index (χ1v) is 7.09. The minimum absolute atomic E-state index is 0.0418. The highest BCUT2D eigenvalue weighted by Crippen LogP contribution is 2.38. The first kappa shape index (κ1) is 17.1. The van der Waals surface area contributed by atoms with Gasteiger partial charge in [0.1, 0.15) is 11.2 Å². The number of alkyl halides is 3. The van der Waals surface area contributed by atoms with Crippen LogP contribution in [0.2, 0.25) is 0 Å². The molecule has 0 saturated heterocycles. The van der Waals surface area contributed by atoms with Crippen LogP contribution in [0, 0.1) is 5.41 Å². The number of rotatable bonds is 5. The van der Waals surface area contributed by atoms with Crippen molar-refractivity contribution in [2.75, 3.05) is 0 Å². The third-order valence-electron chi connectivity index (χ3n) is 3.91. The lowest BCUT2D eigenvalue weighted by Crippen LogP contribution is -2.44. The largest absolute Gasteiger partial charge is 0.573 e. The number of aliphatic carboxylic acids is 1. The molecule has 0 aromatic heterocycles. The fraction of sp³-hybridized carbons (Fsp3) is 0.467. The van der Waals surface area contributed by atoms with Gasteiger partial charge in [0.25, 0.3) is 0 Å². The van der Waals surface area contributed by atoms with Crippen LogP contribution in [0.4, 0.5) is 13.2 Å². The van der Waals surface area contributed by atoms with E-state index in [2.05, 4.69) is 10.1 Å². The molecule has 0 unspecified atom stereocenters. The summed E-state index contributed by atoms with van der Waals surface area (Å²) in [5.74, 6) is -2.05. The maximum Gasteiger partial charge on any atom is 0.573 e. The highest BCUT2D eigenvalue weighted by atomic mass is 19.4. The molecule has 1 fully saturated rings. The van der Waals surface area contributed by atoms with Crippen molar-refractivity contribution < 1.29 is 32.6 Å². The zero-order chi connectivity index (χ0) is 17.1. The summed E-state index contributed by atoms with van der Waals surface area (Å²) in [5.41, 5.74) is -0.842. The van der Waals surface area contributed by atoms with E-state index >= 15 is 0 Å². The van der Waals surface area contributed by atoms with Crippen LogP contribution >= 0.6 is 0 Å². The molecule has 0 spiro atoms. The molecule has 126 valence electrons. The van der Waals surface area contributed by atoms with Crippen molar-refractivity contribution in [3.05, 3.63) is 29.8 Å². The Balaban J connectivity index is 1.95. The summed E-state index contributed by atoms with van der Waals surface area (Å²) < 4.78 is 39.9. The van der Waals surface area contributed by atoms with Crippen LogP contribution in [0.1, 0.15) is 31.2 Å². The average molecular weight is 331 g/mol. The van der Waals surface area contributed by atoms with Gasteiger partial charge in [0.2, 0.25) is 5.91 Å². The lowest BCUT2D eigenvalue weighted by molar-refractivity contribution is -0.274. The van der Waals surface area contributed by atoms with Gasteiger partial charge in [-0.25, -0.2) is 0 Å². The molecule has 0 radical (unpaired) electrons. The Hall–Kier alpha value is -2.25. The standard InChI is InChI=1S/C15H16F3NO4/c16-15(17,18)23-11-5-3-10(4-6-11)9-19-12(20)14(13(21)22)7-1-2-8-14/h3-6H,1-2,7-9H2,(H,19,20)(H,21,22). The molecular formula is C15H16F3NO4. The molecule has 8 heteroatoms. The van der Waals surface area contributed by atoms with Crippen molar-refractivity contribution in [2.24, 2.45) is 5.41 Å². The van der Waals surface area contributed by atoms with Gasteiger partial charge in [-0.2, -0.15) is 0 Å². The number of carbonyl (C=O) groups is 2. The maximum atomic E-state index is 12.2. The highest BCUT2D eigenvalue weighted by molar-refractivity contribution is 6.02. The monoisotopic (exact) mass is 331 g/mol. The summed E-state index contributed by atoms with van der Waals surface area (Å²) in [6.45, 7) is 0.0418. The Morgan fingerprint density at radius 2 is 1.74 bits per heavy atom. The van der Waals surface area contributed by atoms with Gasteiger partial charge < -0.3 is 15.2 Å². The molecule has 1 aromatic rings. The second-order valence-electron chi connectivity index (χ2n) is 5.47. The van der Waals surface area contributed by atoms with Gasteiger partial charge in [0.05, 0.1) is 0 Å². The van der Waals surface area contributed by atoms with Gasteiger partial charge >= 0.3 is 12.3 Å². The van der Waals surface area contributed by atoms with Gasteiger partial charge in [-0.3, -0.25) is 9.59 Å². The molecular weight excluding hydrogens is 315 g/mol. The predicted molar refractivity (Wildman–Crippen MR) is 73.5 cm³/mol. The molecule has 0 aliphatic heterocycles. The fourth-order valence-electron chi connectivity index (χ4n) is 2.68. The van der Waals surface area contributed by atoms with Gasteiger partial charge in [-0.05, 0) is 30.5 Å². The maximum absolute atomic E-state index is 12.2. The number of nitrogens with one attached hydrogen (secondary N) is 1. The summed E-state index contributed by atoms with van der Waals surface area (Å²) in [6, 6.07) is 5.03. The summed E-state index contributed by atoms with van der Waals surface area (Å²) in [6.07, 6.45) is -2.79. The quantitative estimate of drug-likeness (QED) is 0.814. The summed E-state index contributed by atoms with van der Waals surface area (Å²) in [4.78, 5) is 23.5. The van der Waals surface area contributed by atoms with E-state index in [1.165, 1.54) is 12.1 Å². The van der Waals surface area contributed by atoms with E-state index in [0.29, 0.717) is 31.2 Å². The number of carboxylic acids is 1. The zero-order valence-corrected chi connectivity index (χ0v) is 12.2. The Kier molecular flexibility index (Phi) is 4.82. The molecule has 2 N–H and O–H groups in total. The van der Waals surface area contributed by atoms with Crippen molar-refractivity contribution in [1.82, 2.24) is 5.32 Å². The molecule has 2 rings (SSSR count). The minimum atomic E-state index is -4.76. The van der Waals surface area contributed by atoms with Crippen molar-refractivity contribution in [3.8, 4) is 5.75 Å². The van der Waals surface area contributed by atoms with Gasteiger partial charge in [0, 0.05) is 6.54 Å². The normalized spacial score (nSPS) is 16.8. The first-order valence-electron chi connectivity index (χ1n) is 7.09. The molecule has 1 saturated carbocycles. The van der Waals surface area contributed by atoms with Gasteiger partial charge in [-0.1, -0.05) is 25.0 Å². The van der Waals surface area contributed by atoms with E-state index in [-0.39, 0.29) is 12.3 Å². The number of ether oxygens (including phenoxy) is 1. The van der Waals surface area contributed by atoms with Crippen LogP contribution in [0.15, 0.2) is 24.3 Å². The SMILES string of the molecule is O=C(O)C1(C(=O)NCc2ccc(OC(F)(F)F)cc2)CCCC1. The van der Waals surface area contributed by atoms with E-state index in [1.807, 2.05) is 0 Å². The second-order valence-corrected chi connectivity index (χ2v) is 5.47. The van der Waals surface area contributed by atoms with Crippen LogP contribution in [0.5, 0.6) is 5.75 Å². The van der Waals surface area contributed by atoms with Crippen molar-refractivity contribution >= 4 is 11.9 Å². The number of hydrogen-bond acceptors (Lipinski definition) is 3. The summed E-state index contributed by atoms with van der Waals surface area (Å²) in [7, 11) is 0. The smallest absolute Gasteiger partial charge is 0.480 e. The average Bonchev–Trinajstić information content (AvgIpc) is 2.95. The predicted octanol–water partition coefficient (Wildman–Crippen LogP) is 2.85. The van der Waals surface area contributed by atoms with E-state index in [4.69, 9.17) is 0 Å². The van der Waals surface area contributed by atoms with E-state index < -0.39 is 23.7 Å². The molecule has 1 aliphatic rings. The Morgan fingerprint density at radius 1 is 1.17 bits per heavy atom. The number of carboxylic acid groups (broad SMARTS) is 1. The fourth-order valence-corrected chi connectivity index (χ4v) is 2.68. The number of carbonyl (C=O) groups excluding carboxylic acids is 1. The van der Waals surface area contributed by atoms with Gasteiger partial charge in [-0.15, -0.1) is 13.2 Å². The van der Waals surface area contributed by atoms with Crippen molar-refractivity contribution in [2.45, 2.75) is 38.6 Å². The minimum Gasteiger partial charge on any atom is -0.480 e. The topological polar surface area (TPSA) is 75.6 Å². The second kappa shape index (κ2) is 6.47. The molecule has 0 atom stereocenters. The Labute approximate surface area is 130 Å². The molecule has 5 nitrogen and oxygen atoms in total. The van der Waals surface area contributed by atoms with Crippen LogP contribution in [0.3, 0.4) is 0 Å². The van der Waals surface area contributed by atoms with Crippen molar-refractivity contribution in [1.29, 1.82) is 0 Å². The lowest BCUT2D eigenvalue weighted by Gasteiger charge is -2.22. The molecule has 0 bridgehead atoms. The molecule has 23 heavy (non-hydrogen) atoms. The lowest BCUT2D eigenvalue weighted by atomic mass is 9.85. The number of amides is 1. The number of halogens is 3. The Bertz CT molecular complexity index is 577. The van der Waals surface area contributed by atoms with E-state index in [9.17, 15) is 27.9 Å². The van der Waals surface area contributed by atoms with Crippen LogP contribution in [-0.4, -0.2) is 23.3 Å². The molecule has 0 heterocycles. The number of benzene rings is 1. The van der Waals surface area contributed by atoms with E-state index in [1.54, 1.807) is 0 Å². The third kappa shape index (κ3) is 4.14. The van der Waals surface area contributed by atoms with Gasteiger partial charge in [0.15, 0.2) is 0 Å². The van der Waals surface area contributed by atoms with Crippen LogP contribution < -0.4 is 10.1 Å². The molecule has 1 aliphatic carbocycles. The van der Waals surface area contributed by atoms with Crippen molar-refractivity contribution in [3.63, 3.8) is 0 Å². The first-order chi connectivity index (χ1) is 10.7. The van der Waals surface area contributed by atoms with Crippen LogP contribution in [0.25, 0.3) is 0 Å². The summed E-state index contributed by atoms with van der Waals surface area (Å²) >= 11 is 0. The van der Waals surface area contributed by atoms with E-state index in [0.717, 1.165) is 12.1 Å². The Morgan fingerprint density at radius 3 is 2.22 bits per heavy atom. The third-order valence-corrected chi connectivity index (χ3v) is 3.91. The zero-order valence-electron chi connectivity index (χ0n) is 12.2. The molecule has 1 amide bonds. The number of hydrogen-bond donors (Lipinski definition) is 2. The van der Waals surface area contributed by atoms with Crippen LogP contribution in [-0.2, 0) is 16.1 Å². The summed E-state index contributed by atoms with van der Waals surface area (Å²) in [5, 5.41) is 11.8.